The molecule has 0 spiro atoms. The maximum atomic E-state index is 2.45. The van der Waals surface area contributed by atoms with Crippen molar-refractivity contribution in [2.75, 3.05) is 0 Å². The SMILES string of the molecule is CCCCCCCCCCCCc1ccc(-c2ccc3c(c2)sc2cc4cc5c(cc4cc23)sc2cc(-c3ccc(CCCCCCCCCCCC)s3)ccc25)s1. The molecule has 0 saturated carbocycles. The van der Waals surface area contributed by atoms with Gasteiger partial charge in [-0.25, -0.2) is 0 Å². The molecule has 0 aliphatic carbocycles. The van der Waals surface area contributed by atoms with E-state index in [1.54, 1.807) is 0 Å². The summed E-state index contributed by atoms with van der Waals surface area (Å²) in [5.74, 6) is 0. The number of hydrogen-bond acceptors (Lipinski definition) is 4. The summed E-state index contributed by atoms with van der Waals surface area (Å²) in [5, 5.41) is 8.25. The van der Waals surface area contributed by atoms with Crippen molar-refractivity contribution in [1.29, 1.82) is 0 Å². The van der Waals surface area contributed by atoms with Crippen LogP contribution in [0.2, 0.25) is 0 Å². The summed E-state index contributed by atoms with van der Waals surface area (Å²) in [6, 6.07) is 33.6. The van der Waals surface area contributed by atoms with Crippen molar-refractivity contribution in [3.05, 3.63) is 94.7 Å². The maximum absolute atomic E-state index is 2.45. The van der Waals surface area contributed by atoms with Crippen LogP contribution in [0.15, 0.2) is 84.9 Å². The molecule has 0 radical (unpaired) electrons. The first kappa shape index (κ1) is 41.7. The molecule has 8 rings (SSSR count). The third-order valence-electron chi connectivity index (χ3n) is 12.5. The molecule has 0 atom stereocenters. The number of aryl methyl sites for hydroxylation is 2. The van der Waals surface area contributed by atoms with E-state index >= 15 is 0 Å². The maximum Gasteiger partial charge on any atom is 0.0361 e. The fourth-order valence-electron chi connectivity index (χ4n) is 9.01. The van der Waals surface area contributed by atoms with Crippen molar-refractivity contribution in [1.82, 2.24) is 0 Å². The highest BCUT2D eigenvalue weighted by Crippen LogP contribution is 2.43. The second-order valence-electron chi connectivity index (χ2n) is 17.1. The van der Waals surface area contributed by atoms with Crippen LogP contribution in [0.3, 0.4) is 0 Å². The topological polar surface area (TPSA) is 0 Å². The van der Waals surface area contributed by atoms with Crippen LogP contribution in [0.4, 0.5) is 0 Å². The van der Waals surface area contributed by atoms with Crippen molar-refractivity contribution in [2.24, 2.45) is 0 Å². The number of rotatable bonds is 24. The molecule has 4 aromatic heterocycles. The largest absolute Gasteiger partial charge is 0.140 e. The lowest BCUT2D eigenvalue weighted by molar-refractivity contribution is 0.557. The zero-order valence-corrected chi connectivity index (χ0v) is 38.5. The number of hydrogen-bond donors (Lipinski definition) is 0. The van der Waals surface area contributed by atoms with Crippen LogP contribution in [0, 0.1) is 0 Å². The third kappa shape index (κ3) is 10.5. The lowest BCUT2D eigenvalue weighted by Crippen LogP contribution is -1.84. The molecule has 0 bridgehead atoms. The summed E-state index contributed by atoms with van der Waals surface area (Å²) in [4.78, 5) is 5.89. The van der Waals surface area contributed by atoms with Gasteiger partial charge in [-0.15, -0.1) is 45.3 Å². The van der Waals surface area contributed by atoms with E-state index in [0.29, 0.717) is 0 Å². The molecule has 58 heavy (non-hydrogen) atoms. The average molecular weight is 841 g/mol. The first-order valence-corrected chi connectivity index (χ1v) is 26.4. The van der Waals surface area contributed by atoms with Crippen LogP contribution >= 0.6 is 45.3 Å². The molecule has 0 aliphatic heterocycles. The van der Waals surface area contributed by atoms with E-state index in [1.807, 2.05) is 45.3 Å². The van der Waals surface area contributed by atoms with Gasteiger partial charge < -0.3 is 0 Å². The Morgan fingerprint density at radius 1 is 0.310 bits per heavy atom. The van der Waals surface area contributed by atoms with Crippen LogP contribution in [-0.4, -0.2) is 0 Å². The van der Waals surface area contributed by atoms with Crippen molar-refractivity contribution < 1.29 is 0 Å². The van der Waals surface area contributed by atoms with Crippen LogP contribution in [0.5, 0.6) is 0 Å². The molecule has 0 N–H and O–H groups in total. The quantitative estimate of drug-likeness (QED) is 0.0532. The highest BCUT2D eigenvalue weighted by molar-refractivity contribution is 7.26. The smallest absolute Gasteiger partial charge is 0.0361 e. The molecule has 0 saturated heterocycles. The molecule has 8 aromatic rings. The highest BCUT2D eigenvalue weighted by atomic mass is 32.1. The number of thiophene rings is 4. The summed E-state index contributed by atoms with van der Waals surface area (Å²) in [7, 11) is 0. The van der Waals surface area contributed by atoms with Gasteiger partial charge in [0, 0.05) is 59.9 Å². The Morgan fingerprint density at radius 2 is 0.672 bits per heavy atom. The van der Waals surface area contributed by atoms with Crippen LogP contribution in [0.25, 0.3) is 72.0 Å². The minimum atomic E-state index is 1.22. The third-order valence-corrected chi connectivity index (χ3v) is 17.1. The summed E-state index contributed by atoms with van der Waals surface area (Å²) in [5.41, 5.74) is 2.73. The fourth-order valence-corrected chi connectivity index (χ4v) is 13.5. The van der Waals surface area contributed by atoms with E-state index in [4.69, 9.17) is 0 Å². The minimum Gasteiger partial charge on any atom is -0.140 e. The molecular formula is C54H64S4. The van der Waals surface area contributed by atoms with Gasteiger partial charge in [0.15, 0.2) is 0 Å². The summed E-state index contributed by atoms with van der Waals surface area (Å²) in [6.07, 6.45) is 30.4. The van der Waals surface area contributed by atoms with E-state index in [1.165, 1.54) is 223 Å². The van der Waals surface area contributed by atoms with Crippen molar-refractivity contribution in [3.8, 4) is 20.9 Å². The lowest BCUT2D eigenvalue weighted by atomic mass is 10.0. The van der Waals surface area contributed by atoms with Crippen LogP contribution in [0.1, 0.15) is 152 Å². The molecule has 0 amide bonds. The van der Waals surface area contributed by atoms with Gasteiger partial charge in [-0.3, -0.25) is 0 Å². The summed E-state index contributed by atoms with van der Waals surface area (Å²) in [6.45, 7) is 4.60. The Hall–Kier alpha value is -3.02. The first-order valence-electron chi connectivity index (χ1n) is 23.1. The van der Waals surface area contributed by atoms with E-state index in [9.17, 15) is 0 Å². The predicted octanol–water partition coefficient (Wildman–Crippen LogP) is 20.0. The second-order valence-corrected chi connectivity index (χ2v) is 21.6. The molecule has 4 aromatic carbocycles. The van der Waals surface area contributed by atoms with E-state index in [2.05, 4.69) is 98.8 Å². The highest BCUT2D eigenvalue weighted by Gasteiger charge is 2.14. The van der Waals surface area contributed by atoms with Gasteiger partial charge in [-0.1, -0.05) is 154 Å². The molecule has 0 unspecified atom stereocenters. The number of benzene rings is 4. The second kappa shape index (κ2) is 21.0. The Labute approximate surface area is 364 Å². The summed E-state index contributed by atoms with van der Waals surface area (Å²) < 4.78 is 5.57. The van der Waals surface area contributed by atoms with Gasteiger partial charge in [0.1, 0.15) is 0 Å². The monoisotopic (exact) mass is 840 g/mol. The van der Waals surface area contributed by atoms with E-state index < -0.39 is 0 Å². The lowest BCUT2D eigenvalue weighted by Gasteiger charge is -2.02. The van der Waals surface area contributed by atoms with Crippen LogP contribution < -0.4 is 0 Å². The minimum absolute atomic E-state index is 1.22. The molecule has 0 aliphatic rings. The normalized spacial score (nSPS) is 12.1. The molecule has 304 valence electrons. The number of unbranched alkanes of at least 4 members (excludes halogenated alkanes) is 18. The predicted molar refractivity (Wildman–Crippen MR) is 267 cm³/mol. The Morgan fingerprint density at radius 3 is 1.07 bits per heavy atom. The molecule has 4 heteroatoms. The van der Waals surface area contributed by atoms with Gasteiger partial charge in [-0.2, -0.15) is 0 Å². The Balaban J connectivity index is 0.888. The molecular weight excluding hydrogens is 777 g/mol. The number of fused-ring (bicyclic) bond motifs is 7. The molecule has 0 fully saturated rings. The van der Waals surface area contributed by atoms with Gasteiger partial charge >= 0.3 is 0 Å². The fraction of sp³-hybridized carbons (Fsp3) is 0.444. The van der Waals surface area contributed by atoms with Gasteiger partial charge in [0.25, 0.3) is 0 Å². The molecule has 0 nitrogen and oxygen atoms in total. The average Bonchev–Trinajstić information content (AvgIpc) is 4.05. The Bertz CT molecular complexity index is 2340. The van der Waals surface area contributed by atoms with Gasteiger partial charge in [-0.05, 0) is 108 Å². The van der Waals surface area contributed by atoms with Crippen molar-refractivity contribution in [3.63, 3.8) is 0 Å². The first-order chi connectivity index (χ1) is 28.7. The van der Waals surface area contributed by atoms with Crippen molar-refractivity contribution in [2.45, 2.75) is 155 Å². The zero-order chi connectivity index (χ0) is 39.5. The standard InChI is InChI=1S/C54H64S4/c1-3-5-7-9-11-13-15-17-19-21-23-43-27-31-49(55-43)39-25-29-45-47-33-41-38-54-48(34-42(41)37-53(47)57-51(45)35-39)46-30-26-40(36-52(46)58-54)50-32-28-44(56-50)24-22-20-18-16-14-12-10-8-6-4-2/h25-38H,3-24H2,1-2H3. The van der Waals surface area contributed by atoms with Gasteiger partial charge in [0.05, 0.1) is 0 Å². The van der Waals surface area contributed by atoms with E-state index in [0.717, 1.165) is 0 Å². The molecule has 4 heterocycles. The van der Waals surface area contributed by atoms with E-state index in [-0.39, 0.29) is 0 Å². The van der Waals surface area contributed by atoms with Crippen molar-refractivity contribution >= 4 is 96.5 Å². The van der Waals surface area contributed by atoms with Gasteiger partial charge in [0.2, 0.25) is 0 Å². The summed E-state index contributed by atoms with van der Waals surface area (Å²) >= 11 is 7.91. The zero-order valence-electron chi connectivity index (χ0n) is 35.3. The van der Waals surface area contributed by atoms with Crippen LogP contribution in [-0.2, 0) is 12.8 Å². The Kier molecular flexibility index (Phi) is 15.1.